The lowest BCUT2D eigenvalue weighted by molar-refractivity contribution is -0.935. The minimum absolute atomic E-state index is 0.130. The van der Waals surface area contributed by atoms with Gasteiger partial charge in [0.25, 0.3) is 5.91 Å². The summed E-state index contributed by atoms with van der Waals surface area (Å²) in [4.78, 5) is 39.8. The Balaban J connectivity index is 1.87. The standard InChI is InChI=1S/C30H40N2O6/c1-5-26(29(34)31-28-22(3)18-24(36-4)19-25(28)30(35)37-6-2)32(16-12-7-8-13-17-32)20-27(33)38-21-23-14-10-9-11-15-23/h9-11,14-15,18-19,26H,5-8,12-13,16-17,20-21H2,1-4H3/p+1. The molecule has 1 heterocycles. The topological polar surface area (TPSA) is 90.9 Å². The molecule has 0 radical (unpaired) electrons. The highest BCUT2D eigenvalue weighted by Gasteiger charge is 2.43. The van der Waals surface area contributed by atoms with Crippen molar-refractivity contribution in [1.82, 2.24) is 0 Å². The molecule has 0 saturated carbocycles. The Hall–Kier alpha value is -3.39. The third-order valence-corrected chi connectivity index (χ3v) is 7.28. The monoisotopic (exact) mass is 525 g/mol. The average molecular weight is 526 g/mol. The summed E-state index contributed by atoms with van der Waals surface area (Å²) in [6.07, 6.45) is 4.56. The molecule has 2 aromatic carbocycles. The third-order valence-electron chi connectivity index (χ3n) is 7.28. The second-order valence-corrected chi connectivity index (χ2v) is 9.88. The van der Waals surface area contributed by atoms with Crippen molar-refractivity contribution in [3.63, 3.8) is 0 Å². The van der Waals surface area contributed by atoms with E-state index in [2.05, 4.69) is 5.32 Å². The van der Waals surface area contributed by atoms with Gasteiger partial charge in [0.15, 0.2) is 12.6 Å². The van der Waals surface area contributed by atoms with Crippen LogP contribution in [-0.4, -0.2) is 61.7 Å². The Morgan fingerprint density at radius 1 is 0.974 bits per heavy atom. The highest BCUT2D eigenvalue weighted by Crippen LogP contribution is 2.30. The van der Waals surface area contributed by atoms with Gasteiger partial charge in [-0.1, -0.05) is 37.3 Å². The van der Waals surface area contributed by atoms with E-state index in [0.717, 1.165) is 44.3 Å². The summed E-state index contributed by atoms with van der Waals surface area (Å²) in [5, 5.41) is 3.03. The second kappa shape index (κ2) is 14.0. The number of nitrogens with one attached hydrogen (secondary N) is 1. The van der Waals surface area contributed by atoms with Crippen molar-refractivity contribution in [3.05, 3.63) is 59.2 Å². The molecule has 1 N–H and O–H groups in total. The molecule has 1 aliphatic rings. The van der Waals surface area contributed by atoms with Gasteiger partial charge in [0.1, 0.15) is 12.4 Å². The number of likely N-dealkylation sites (tertiary alicyclic amines) is 1. The lowest BCUT2D eigenvalue weighted by Crippen LogP contribution is -2.62. The minimum atomic E-state index is -0.527. The minimum Gasteiger partial charge on any atom is -0.497 e. The van der Waals surface area contributed by atoms with Crippen molar-refractivity contribution in [1.29, 1.82) is 0 Å². The number of nitrogens with zero attached hydrogens (tertiary/aromatic N) is 1. The zero-order valence-corrected chi connectivity index (χ0v) is 23.1. The number of rotatable bonds is 11. The van der Waals surface area contributed by atoms with Gasteiger partial charge >= 0.3 is 11.9 Å². The molecular weight excluding hydrogens is 484 g/mol. The fourth-order valence-corrected chi connectivity index (χ4v) is 5.38. The van der Waals surface area contributed by atoms with Crippen molar-refractivity contribution in [2.75, 3.05) is 38.7 Å². The number of esters is 2. The van der Waals surface area contributed by atoms with Crippen molar-refractivity contribution >= 4 is 23.5 Å². The second-order valence-electron chi connectivity index (χ2n) is 9.88. The van der Waals surface area contributed by atoms with Crippen molar-refractivity contribution in [2.45, 2.75) is 65.5 Å². The van der Waals surface area contributed by atoms with Gasteiger partial charge in [-0.25, -0.2) is 9.59 Å². The van der Waals surface area contributed by atoms with Crippen LogP contribution in [0.25, 0.3) is 0 Å². The maximum Gasteiger partial charge on any atom is 0.362 e. The first-order chi connectivity index (χ1) is 18.3. The molecule has 0 aliphatic carbocycles. The van der Waals surface area contributed by atoms with Crippen LogP contribution in [0.3, 0.4) is 0 Å². The van der Waals surface area contributed by atoms with Gasteiger partial charge in [-0.3, -0.25) is 4.79 Å². The Morgan fingerprint density at radius 2 is 1.66 bits per heavy atom. The summed E-state index contributed by atoms with van der Waals surface area (Å²) in [6.45, 7) is 7.52. The molecule has 8 heteroatoms. The van der Waals surface area contributed by atoms with Crippen LogP contribution in [-0.2, 0) is 25.7 Å². The van der Waals surface area contributed by atoms with Crippen LogP contribution in [0.1, 0.15) is 67.4 Å². The Morgan fingerprint density at radius 3 is 2.26 bits per heavy atom. The van der Waals surface area contributed by atoms with Gasteiger partial charge in [0, 0.05) is 6.42 Å². The number of ether oxygens (including phenoxy) is 3. The first kappa shape index (κ1) is 29.2. The maximum atomic E-state index is 13.9. The number of carbonyl (C=O) groups is 3. The first-order valence-corrected chi connectivity index (χ1v) is 13.6. The largest absolute Gasteiger partial charge is 0.497 e. The molecule has 2 aromatic rings. The average Bonchev–Trinajstić information content (AvgIpc) is 3.15. The smallest absolute Gasteiger partial charge is 0.362 e. The van der Waals surface area contributed by atoms with Gasteiger partial charge in [0.2, 0.25) is 0 Å². The predicted octanol–water partition coefficient (Wildman–Crippen LogP) is 5.03. The van der Waals surface area contributed by atoms with Crippen LogP contribution in [0, 0.1) is 6.92 Å². The van der Waals surface area contributed by atoms with Gasteiger partial charge in [-0.05, 0) is 62.8 Å². The van der Waals surface area contributed by atoms with E-state index in [0.29, 0.717) is 27.9 Å². The van der Waals surface area contributed by atoms with Gasteiger partial charge in [-0.2, -0.15) is 0 Å². The van der Waals surface area contributed by atoms with Crippen molar-refractivity contribution in [3.8, 4) is 5.75 Å². The van der Waals surface area contributed by atoms with E-state index in [1.165, 1.54) is 7.11 Å². The summed E-state index contributed by atoms with van der Waals surface area (Å²) in [5.41, 5.74) is 2.28. The molecule has 0 aromatic heterocycles. The van der Waals surface area contributed by atoms with E-state index in [1.54, 1.807) is 19.1 Å². The third kappa shape index (κ3) is 7.34. The van der Waals surface area contributed by atoms with Crippen molar-refractivity contribution < 1.29 is 33.1 Å². The fourth-order valence-electron chi connectivity index (χ4n) is 5.38. The fraction of sp³-hybridized carbons (Fsp3) is 0.500. The molecule has 1 unspecified atom stereocenters. The van der Waals surface area contributed by atoms with Crippen LogP contribution in [0.4, 0.5) is 5.69 Å². The van der Waals surface area contributed by atoms with Crippen LogP contribution >= 0.6 is 0 Å². The zero-order chi connectivity index (χ0) is 27.5. The zero-order valence-electron chi connectivity index (χ0n) is 23.1. The van der Waals surface area contributed by atoms with Gasteiger partial charge < -0.3 is 24.0 Å². The molecule has 1 amide bonds. The van der Waals surface area contributed by atoms with Gasteiger partial charge in [-0.15, -0.1) is 0 Å². The normalized spacial score (nSPS) is 15.6. The SMILES string of the molecule is CCOC(=O)c1cc(OC)cc(C)c1NC(=O)C(CC)[N+]1(CC(=O)OCc2ccccc2)CCCCCC1. The molecule has 1 atom stereocenters. The molecule has 8 nitrogen and oxygen atoms in total. The van der Waals surface area contributed by atoms with Crippen LogP contribution < -0.4 is 10.1 Å². The Kier molecular flexibility index (Phi) is 10.7. The number of amides is 1. The van der Waals surface area contributed by atoms with E-state index in [9.17, 15) is 14.4 Å². The lowest BCUT2D eigenvalue weighted by atomic mass is 10.0. The van der Waals surface area contributed by atoms with Crippen LogP contribution in [0.2, 0.25) is 0 Å². The molecule has 1 fully saturated rings. The molecule has 1 saturated heterocycles. The molecule has 0 bridgehead atoms. The Labute approximate surface area is 225 Å². The maximum absolute atomic E-state index is 13.9. The van der Waals surface area contributed by atoms with E-state index in [4.69, 9.17) is 14.2 Å². The summed E-state index contributed by atoms with van der Waals surface area (Å²) in [6, 6.07) is 12.5. The molecule has 206 valence electrons. The van der Waals surface area contributed by atoms with Crippen LogP contribution in [0.15, 0.2) is 42.5 Å². The quantitative estimate of drug-likeness (QED) is 0.327. The summed E-state index contributed by atoms with van der Waals surface area (Å²) in [7, 11) is 1.53. The van der Waals surface area contributed by atoms with Crippen LogP contribution in [0.5, 0.6) is 5.75 Å². The summed E-state index contributed by atoms with van der Waals surface area (Å²) >= 11 is 0. The molecule has 38 heavy (non-hydrogen) atoms. The number of hydrogen-bond acceptors (Lipinski definition) is 6. The molecule has 0 spiro atoms. The number of anilines is 1. The highest BCUT2D eigenvalue weighted by molar-refractivity contribution is 6.03. The first-order valence-electron chi connectivity index (χ1n) is 13.6. The van der Waals surface area contributed by atoms with Gasteiger partial charge in [0.05, 0.1) is 38.1 Å². The lowest BCUT2D eigenvalue weighted by Gasteiger charge is -2.42. The highest BCUT2D eigenvalue weighted by atomic mass is 16.5. The number of carbonyl (C=O) groups excluding carboxylic acids is 3. The summed E-state index contributed by atoms with van der Waals surface area (Å²) in [5.74, 6) is -0.548. The number of aryl methyl sites for hydroxylation is 1. The predicted molar refractivity (Wildman–Crippen MR) is 146 cm³/mol. The summed E-state index contributed by atoms with van der Waals surface area (Å²) < 4.78 is 16.6. The van der Waals surface area contributed by atoms with E-state index in [1.807, 2.05) is 44.2 Å². The van der Waals surface area contributed by atoms with Crippen molar-refractivity contribution in [2.24, 2.45) is 0 Å². The van der Waals surface area contributed by atoms with E-state index in [-0.39, 0.29) is 37.2 Å². The molecule has 3 rings (SSSR count). The number of benzene rings is 2. The number of methoxy groups -OCH3 is 1. The van der Waals surface area contributed by atoms with E-state index < -0.39 is 12.0 Å². The number of hydrogen-bond donors (Lipinski definition) is 1. The molecular formula is C30H41N2O6+. The number of quaternary nitrogens is 1. The molecule has 1 aliphatic heterocycles. The Bertz CT molecular complexity index is 1090. The van der Waals surface area contributed by atoms with E-state index >= 15 is 0 Å².